The van der Waals surface area contributed by atoms with Crippen LogP contribution in [0.3, 0.4) is 0 Å². The zero-order valence-corrected chi connectivity index (χ0v) is 9.40. The van der Waals surface area contributed by atoms with E-state index in [-0.39, 0.29) is 44.5 Å². The lowest BCUT2D eigenvalue weighted by atomic mass is 9.88. The van der Waals surface area contributed by atoms with Crippen molar-refractivity contribution in [2.75, 3.05) is 32.8 Å². The van der Waals surface area contributed by atoms with E-state index >= 15 is 0 Å². The highest BCUT2D eigenvalue weighted by Gasteiger charge is 2.42. The summed E-state index contributed by atoms with van der Waals surface area (Å²) in [6.45, 7) is 2.10. The van der Waals surface area contributed by atoms with Crippen LogP contribution in [0.1, 0.15) is 13.3 Å². The van der Waals surface area contributed by atoms with E-state index in [4.69, 9.17) is 10.2 Å². The molecule has 0 aromatic heterocycles. The third kappa shape index (κ3) is 2.70. The number of carbonyl (C=O) groups is 2. The number of rotatable bonds is 5. The topological polar surface area (TPSA) is 89.9 Å². The van der Waals surface area contributed by atoms with Crippen molar-refractivity contribution in [2.45, 2.75) is 13.3 Å². The second-order valence-corrected chi connectivity index (χ2v) is 4.25. The minimum Gasteiger partial charge on any atom is -0.395 e. The molecule has 16 heavy (non-hydrogen) atoms. The molecule has 6 nitrogen and oxygen atoms in total. The molecule has 1 aliphatic rings. The third-order valence-electron chi connectivity index (χ3n) is 2.77. The van der Waals surface area contributed by atoms with Gasteiger partial charge >= 0.3 is 0 Å². The fourth-order valence-corrected chi connectivity index (χ4v) is 1.86. The van der Waals surface area contributed by atoms with E-state index in [2.05, 4.69) is 5.32 Å². The van der Waals surface area contributed by atoms with Crippen molar-refractivity contribution >= 4 is 11.8 Å². The fourth-order valence-electron chi connectivity index (χ4n) is 1.86. The molecular formula is C10H18N2O4. The molecule has 0 aliphatic carbocycles. The van der Waals surface area contributed by atoms with Crippen LogP contribution in [0, 0.1) is 5.41 Å². The molecule has 92 valence electrons. The molecule has 0 bridgehead atoms. The number of amides is 2. The Morgan fingerprint density at radius 3 is 2.38 bits per heavy atom. The van der Waals surface area contributed by atoms with Gasteiger partial charge in [0.2, 0.25) is 11.8 Å². The molecule has 1 rings (SSSR count). The van der Waals surface area contributed by atoms with Gasteiger partial charge in [0.25, 0.3) is 0 Å². The lowest BCUT2D eigenvalue weighted by Gasteiger charge is -2.29. The normalized spacial score (nSPS) is 24.3. The Morgan fingerprint density at radius 1 is 1.44 bits per heavy atom. The lowest BCUT2D eigenvalue weighted by molar-refractivity contribution is -0.142. The summed E-state index contributed by atoms with van der Waals surface area (Å²) in [4.78, 5) is 24.6. The number of hydrogen-bond donors (Lipinski definition) is 3. The van der Waals surface area contributed by atoms with Crippen molar-refractivity contribution in [3.8, 4) is 0 Å². The molecular weight excluding hydrogens is 212 g/mol. The number of nitrogens with one attached hydrogen (secondary N) is 1. The summed E-state index contributed by atoms with van der Waals surface area (Å²) >= 11 is 0. The molecule has 3 N–H and O–H groups in total. The average molecular weight is 230 g/mol. The number of aliphatic hydroxyl groups excluding tert-OH is 2. The maximum Gasteiger partial charge on any atom is 0.230 e. The molecule has 1 fully saturated rings. The van der Waals surface area contributed by atoms with E-state index in [1.165, 1.54) is 4.90 Å². The highest BCUT2D eigenvalue weighted by atomic mass is 16.3. The predicted molar refractivity (Wildman–Crippen MR) is 56.5 cm³/mol. The summed E-state index contributed by atoms with van der Waals surface area (Å²) in [7, 11) is 0. The first-order valence-corrected chi connectivity index (χ1v) is 5.31. The van der Waals surface area contributed by atoms with Gasteiger partial charge in [0.1, 0.15) is 0 Å². The van der Waals surface area contributed by atoms with Gasteiger partial charge in [-0.2, -0.15) is 0 Å². The summed E-state index contributed by atoms with van der Waals surface area (Å²) < 4.78 is 0. The van der Waals surface area contributed by atoms with Crippen molar-refractivity contribution in [3.63, 3.8) is 0 Å². The van der Waals surface area contributed by atoms with Gasteiger partial charge < -0.3 is 20.4 Å². The molecule has 0 aromatic rings. The van der Waals surface area contributed by atoms with Gasteiger partial charge in [-0.05, 0) is 6.92 Å². The number of carbonyl (C=O) groups excluding carboxylic acids is 2. The Balaban J connectivity index is 2.69. The fraction of sp³-hybridized carbons (Fsp3) is 0.800. The average Bonchev–Trinajstić information content (AvgIpc) is 2.59. The van der Waals surface area contributed by atoms with Crippen LogP contribution >= 0.6 is 0 Å². The van der Waals surface area contributed by atoms with Crippen molar-refractivity contribution in [1.82, 2.24) is 10.2 Å². The second-order valence-electron chi connectivity index (χ2n) is 4.25. The first kappa shape index (κ1) is 12.9. The molecule has 1 atom stereocenters. The maximum atomic E-state index is 12.1. The zero-order valence-electron chi connectivity index (χ0n) is 9.40. The van der Waals surface area contributed by atoms with Crippen LogP contribution in [0.5, 0.6) is 0 Å². The Hall–Kier alpha value is -1.14. The van der Waals surface area contributed by atoms with Gasteiger partial charge in [0.15, 0.2) is 0 Å². The largest absolute Gasteiger partial charge is 0.395 e. The van der Waals surface area contributed by atoms with Crippen LogP contribution < -0.4 is 5.32 Å². The molecule has 0 spiro atoms. The van der Waals surface area contributed by atoms with Crippen LogP contribution in [0.25, 0.3) is 0 Å². The van der Waals surface area contributed by atoms with Gasteiger partial charge in [0, 0.05) is 26.1 Å². The van der Waals surface area contributed by atoms with E-state index in [0.29, 0.717) is 6.54 Å². The molecule has 1 heterocycles. The summed E-state index contributed by atoms with van der Waals surface area (Å²) in [5.41, 5.74) is -0.749. The van der Waals surface area contributed by atoms with Crippen LogP contribution in [-0.2, 0) is 9.59 Å². The van der Waals surface area contributed by atoms with E-state index in [9.17, 15) is 9.59 Å². The molecule has 6 heteroatoms. The Kier molecular flexibility index (Phi) is 4.26. The van der Waals surface area contributed by atoms with E-state index < -0.39 is 5.41 Å². The number of hydrogen-bond acceptors (Lipinski definition) is 4. The predicted octanol–water partition coefficient (Wildman–Crippen LogP) is -1.67. The van der Waals surface area contributed by atoms with Crippen molar-refractivity contribution in [1.29, 1.82) is 0 Å². The smallest absolute Gasteiger partial charge is 0.230 e. The highest BCUT2D eigenvalue weighted by Crippen LogP contribution is 2.27. The van der Waals surface area contributed by atoms with E-state index in [1.54, 1.807) is 6.92 Å². The van der Waals surface area contributed by atoms with E-state index in [1.807, 2.05) is 0 Å². The van der Waals surface area contributed by atoms with Gasteiger partial charge in [-0.3, -0.25) is 9.59 Å². The Bertz CT molecular complexity index is 276. The first-order chi connectivity index (χ1) is 7.53. The second kappa shape index (κ2) is 5.27. The van der Waals surface area contributed by atoms with Crippen LogP contribution in [0.15, 0.2) is 0 Å². The Morgan fingerprint density at radius 2 is 2.00 bits per heavy atom. The highest BCUT2D eigenvalue weighted by molar-refractivity contribution is 5.92. The molecule has 1 aliphatic heterocycles. The summed E-state index contributed by atoms with van der Waals surface area (Å²) in [5, 5.41) is 20.3. The molecule has 1 saturated heterocycles. The summed E-state index contributed by atoms with van der Waals surface area (Å²) in [6, 6.07) is 0. The van der Waals surface area contributed by atoms with Gasteiger partial charge in [-0.15, -0.1) is 0 Å². The summed E-state index contributed by atoms with van der Waals surface area (Å²) in [5.74, 6) is -0.335. The number of nitrogens with zero attached hydrogens (tertiary/aromatic N) is 1. The molecule has 0 saturated carbocycles. The summed E-state index contributed by atoms with van der Waals surface area (Å²) in [6.07, 6.45) is 0.166. The Labute approximate surface area is 94.2 Å². The lowest BCUT2D eigenvalue weighted by Crippen LogP contribution is -2.46. The zero-order chi connectivity index (χ0) is 12.2. The molecule has 1 unspecified atom stereocenters. The SMILES string of the molecule is CC1(C(=O)N(CCO)CCO)CNC(=O)C1. The van der Waals surface area contributed by atoms with Crippen LogP contribution in [0.2, 0.25) is 0 Å². The minimum atomic E-state index is -0.749. The minimum absolute atomic E-state index is 0.135. The molecule has 2 amide bonds. The van der Waals surface area contributed by atoms with Crippen molar-refractivity contribution in [2.24, 2.45) is 5.41 Å². The standard InChI is InChI=1S/C10H18N2O4/c1-10(6-8(15)11-7-10)9(16)12(2-4-13)3-5-14/h13-14H,2-7H2,1H3,(H,11,15). The van der Waals surface area contributed by atoms with Gasteiger partial charge in [-0.1, -0.05) is 0 Å². The van der Waals surface area contributed by atoms with Crippen LogP contribution in [0.4, 0.5) is 0 Å². The monoisotopic (exact) mass is 230 g/mol. The van der Waals surface area contributed by atoms with E-state index in [0.717, 1.165) is 0 Å². The van der Waals surface area contributed by atoms with Gasteiger partial charge in [-0.25, -0.2) is 0 Å². The van der Waals surface area contributed by atoms with Crippen molar-refractivity contribution < 1.29 is 19.8 Å². The van der Waals surface area contributed by atoms with Crippen molar-refractivity contribution in [3.05, 3.63) is 0 Å². The van der Waals surface area contributed by atoms with Gasteiger partial charge in [0.05, 0.1) is 18.6 Å². The quantitative estimate of drug-likeness (QED) is 0.526. The molecule has 0 aromatic carbocycles. The van der Waals surface area contributed by atoms with Crippen LogP contribution in [-0.4, -0.2) is 59.8 Å². The molecule has 0 radical (unpaired) electrons. The maximum absolute atomic E-state index is 12.1. The third-order valence-corrected chi connectivity index (χ3v) is 2.77. The number of aliphatic hydroxyl groups is 2. The first-order valence-electron chi connectivity index (χ1n) is 5.31.